The lowest BCUT2D eigenvalue weighted by Crippen LogP contribution is -2.26. The largest absolute Gasteiger partial charge is 0.376 e. The van der Waals surface area contributed by atoms with E-state index in [4.69, 9.17) is 10.5 Å². The predicted octanol–water partition coefficient (Wildman–Crippen LogP) is -0.622. The predicted molar refractivity (Wildman–Crippen MR) is 40.1 cm³/mol. The zero-order valence-corrected chi connectivity index (χ0v) is 6.60. The molecule has 0 amide bonds. The van der Waals surface area contributed by atoms with Crippen molar-refractivity contribution in [2.24, 2.45) is 5.73 Å². The zero-order chi connectivity index (χ0) is 8.39. The SMILES string of the molecule is NC(c1nn[nH]n1)C1CCCO1. The molecule has 2 unspecified atom stereocenters. The number of tetrazole rings is 1. The van der Waals surface area contributed by atoms with Crippen molar-refractivity contribution in [2.45, 2.75) is 25.0 Å². The second kappa shape index (κ2) is 3.16. The zero-order valence-electron chi connectivity index (χ0n) is 6.60. The van der Waals surface area contributed by atoms with Crippen LogP contribution in [0, 0.1) is 0 Å². The first-order chi connectivity index (χ1) is 5.88. The molecule has 2 rings (SSSR count). The summed E-state index contributed by atoms with van der Waals surface area (Å²) in [6.07, 6.45) is 2.11. The first-order valence-corrected chi connectivity index (χ1v) is 3.98. The van der Waals surface area contributed by atoms with Crippen LogP contribution in [0.3, 0.4) is 0 Å². The molecular weight excluding hydrogens is 158 g/mol. The van der Waals surface area contributed by atoms with E-state index in [2.05, 4.69) is 20.6 Å². The molecule has 0 aliphatic carbocycles. The van der Waals surface area contributed by atoms with Crippen molar-refractivity contribution in [3.8, 4) is 0 Å². The second-order valence-corrected chi connectivity index (χ2v) is 2.85. The van der Waals surface area contributed by atoms with Crippen molar-refractivity contribution < 1.29 is 4.74 Å². The Bertz CT molecular complexity index is 230. The molecule has 3 N–H and O–H groups in total. The van der Waals surface area contributed by atoms with Crippen LogP contribution in [-0.4, -0.2) is 33.3 Å². The normalized spacial score (nSPS) is 25.9. The third-order valence-electron chi connectivity index (χ3n) is 2.03. The van der Waals surface area contributed by atoms with Gasteiger partial charge >= 0.3 is 0 Å². The molecule has 0 bridgehead atoms. The van der Waals surface area contributed by atoms with E-state index in [1.807, 2.05) is 0 Å². The number of H-pyrrole nitrogens is 1. The molecule has 6 heteroatoms. The minimum absolute atomic E-state index is 0.0580. The van der Waals surface area contributed by atoms with Gasteiger partial charge in [0.05, 0.1) is 12.1 Å². The van der Waals surface area contributed by atoms with Crippen LogP contribution in [0.2, 0.25) is 0 Å². The number of hydrogen-bond donors (Lipinski definition) is 2. The van der Waals surface area contributed by atoms with Gasteiger partial charge in [0.25, 0.3) is 0 Å². The van der Waals surface area contributed by atoms with Crippen molar-refractivity contribution in [3.63, 3.8) is 0 Å². The van der Waals surface area contributed by atoms with E-state index in [-0.39, 0.29) is 12.1 Å². The molecule has 1 aliphatic rings. The third kappa shape index (κ3) is 1.30. The first-order valence-electron chi connectivity index (χ1n) is 3.98. The number of nitrogens with two attached hydrogens (primary N) is 1. The van der Waals surface area contributed by atoms with Gasteiger partial charge in [0.2, 0.25) is 0 Å². The van der Waals surface area contributed by atoms with Crippen LogP contribution < -0.4 is 5.73 Å². The number of rotatable bonds is 2. The van der Waals surface area contributed by atoms with E-state index in [0.717, 1.165) is 19.4 Å². The van der Waals surface area contributed by atoms with Crippen molar-refractivity contribution in [1.29, 1.82) is 0 Å². The fourth-order valence-corrected chi connectivity index (χ4v) is 1.36. The van der Waals surface area contributed by atoms with Gasteiger partial charge in [-0.3, -0.25) is 0 Å². The van der Waals surface area contributed by atoms with E-state index in [1.165, 1.54) is 0 Å². The Balaban J connectivity index is 2.04. The van der Waals surface area contributed by atoms with Gasteiger partial charge in [-0.05, 0) is 12.8 Å². The van der Waals surface area contributed by atoms with Gasteiger partial charge in [-0.2, -0.15) is 5.21 Å². The maximum Gasteiger partial charge on any atom is 0.193 e. The molecule has 66 valence electrons. The molecule has 0 radical (unpaired) electrons. The number of nitrogens with one attached hydrogen (secondary N) is 1. The lowest BCUT2D eigenvalue weighted by molar-refractivity contribution is 0.0877. The van der Waals surface area contributed by atoms with Crippen molar-refractivity contribution >= 4 is 0 Å². The molecule has 0 spiro atoms. The van der Waals surface area contributed by atoms with E-state index >= 15 is 0 Å². The molecular formula is C6H11N5O. The maximum atomic E-state index is 5.83. The van der Waals surface area contributed by atoms with Crippen molar-refractivity contribution in [2.75, 3.05) is 6.61 Å². The van der Waals surface area contributed by atoms with E-state index < -0.39 is 0 Å². The quantitative estimate of drug-likeness (QED) is 0.615. The summed E-state index contributed by atoms with van der Waals surface area (Å²) in [5.74, 6) is 0.530. The number of nitrogens with zero attached hydrogens (tertiary/aromatic N) is 3. The molecule has 1 aliphatic heterocycles. The first kappa shape index (κ1) is 7.63. The van der Waals surface area contributed by atoms with Crippen molar-refractivity contribution in [3.05, 3.63) is 5.82 Å². The molecule has 12 heavy (non-hydrogen) atoms. The van der Waals surface area contributed by atoms with Gasteiger partial charge in [-0.25, -0.2) is 0 Å². The molecule has 6 nitrogen and oxygen atoms in total. The van der Waals surface area contributed by atoms with Crippen LogP contribution >= 0.6 is 0 Å². The fraction of sp³-hybridized carbons (Fsp3) is 0.833. The molecule has 1 aromatic rings. The van der Waals surface area contributed by atoms with Crippen molar-refractivity contribution in [1.82, 2.24) is 20.6 Å². The monoisotopic (exact) mass is 169 g/mol. The fourth-order valence-electron chi connectivity index (χ4n) is 1.36. The highest BCUT2D eigenvalue weighted by Crippen LogP contribution is 2.21. The van der Waals surface area contributed by atoms with Crippen LogP contribution in [-0.2, 0) is 4.74 Å². The average molecular weight is 169 g/mol. The van der Waals surface area contributed by atoms with E-state index in [1.54, 1.807) is 0 Å². The smallest absolute Gasteiger partial charge is 0.193 e. The molecule has 0 saturated carbocycles. The Morgan fingerprint density at radius 1 is 1.67 bits per heavy atom. The van der Waals surface area contributed by atoms with Gasteiger partial charge in [0.1, 0.15) is 0 Å². The topological polar surface area (TPSA) is 89.7 Å². The van der Waals surface area contributed by atoms with Gasteiger partial charge in [-0.15, -0.1) is 10.2 Å². The summed E-state index contributed by atoms with van der Waals surface area (Å²) in [6.45, 7) is 0.788. The minimum atomic E-state index is -0.244. The van der Waals surface area contributed by atoms with Gasteiger partial charge in [0, 0.05) is 6.61 Å². The van der Waals surface area contributed by atoms with E-state index in [0.29, 0.717) is 5.82 Å². The maximum absolute atomic E-state index is 5.83. The number of hydrogen-bond acceptors (Lipinski definition) is 5. The van der Waals surface area contributed by atoms with Crippen LogP contribution in [0.15, 0.2) is 0 Å². The van der Waals surface area contributed by atoms with Crippen LogP contribution in [0.4, 0.5) is 0 Å². The average Bonchev–Trinajstić information content (AvgIpc) is 2.77. The molecule has 2 heterocycles. The second-order valence-electron chi connectivity index (χ2n) is 2.85. The highest BCUT2D eigenvalue weighted by molar-refractivity contribution is 4.93. The van der Waals surface area contributed by atoms with E-state index in [9.17, 15) is 0 Å². The van der Waals surface area contributed by atoms with Crippen LogP contribution in [0.1, 0.15) is 24.7 Å². The third-order valence-corrected chi connectivity index (χ3v) is 2.03. The Morgan fingerprint density at radius 3 is 3.17 bits per heavy atom. The molecule has 1 fully saturated rings. The molecule has 0 aromatic carbocycles. The lowest BCUT2D eigenvalue weighted by atomic mass is 10.1. The summed E-state index contributed by atoms with van der Waals surface area (Å²) < 4.78 is 5.39. The lowest BCUT2D eigenvalue weighted by Gasteiger charge is -2.13. The minimum Gasteiger partial charge on any atom is -0.376 e. The van der Waals surface area contributed by atoms with Crippen LogP contribution in [0.25, 0.3) is 0 Å². The molecule has 1 saturated heterocycles. The van der Waals surface area contributed by atoms with Crippen LogP contribution in [0.5, 0.6) is 0 Å². The Labute approximate surface area is 69.5 Å². The molecule has 2 atom stereocenters. The molecule has 1 aromatic heterocycles. The van der Waals surface area contributed by atoms with Gasteiger partial charge < -0.3 is 10.5 Å². The summed E-state index contributed by atoms with van der Waals surface area (Å²) in [7, 11) is 0. The van der Waals surface area contributed by atoms with Gasteiger partial charge in [0.15, 0.2) is 5.82 Å². The number of ether oxygens (including phenoxy) is 1. The Kier molecular flexibility index (Phi) is 2.01. The summed E-state index contributed by atoms with van der Waals surface area (Å²) in [5.41, 5.74) is 5.83. The van der Waals surface area contributed by atoms with Gasteiger partial charge in [-0.1, -0.05) is 5.21 Å². The summed E-state index contributed by atoms with van der Waals surface area (Å²) in [6, 6.07) is -0.244. The summed E-state index contributed by atoms with van der Waals surface area (Å²) >= 11 is 0. The Hall–Kier alpha value is -1.01. The number of aromatic amines is 1. The Morgan fingerprint density at radius 2 is 2.58 bits per heavy atom. The highest BCUT2D eigenvalue weighted by atomic mass is 16.5. The highest BCUT2D eigenvalue weighted by Gasteiger charge is 2.26. The standard InChI is InChI=1S/C6H11N5O/c7-5(4-2-1-3-12-4)6-8-10-11-9-6/h4-5H,1-3,7H2,(H,8,9,10,11). The summed E-state index contributed by atoms with van der Waals surface area (Å²) in [4.78, 5) is 0. The summed E-state index contributed by atoms with van der Waals surface area (Å²) in [5, 5.41) is 13.4. The number of aromatic nitrogens is 4.